The summed E-state index contributed by atoms with van der Waals surface area (Å²) < 4.78 is 5.64. The van der Waals surface area contributed by atoms with E-state index >= 15 is 0 Å². The summed E-state index contributed by atoms with van der Waals surface area (Å²) in [4.78, 5) is 10.6. The van der Waals surface area contributed by atoms with Crippen LogP contribution in [-0.4, -0.2) is 24.2 Å². The zero-order chi connectivity index (χ0) is 13.8. The highest BCUT2D eigenvalue weighted by molar-refractivity contribution is 5.66. The second-order valence-electron chi connectivity index (χ2n) is 5.63. The van der Waals surface area contributed by atoms with Crippen molar-refractivity contribution in [1.29, 1.82) is 0 Å². The van der Waals surface area contributed by atoms with Gasteiger partial charge in [0.05, 0.1) is 0 Å². The van der Waals surface area contributed by atoms with Crippen LogP contribution in [0.1, 0.15) is 38.7 Å². The van der Waals surface area contributed by atoms with E-state index in [9.17, 15) is 4.79 Å². The molecule has 0 aliphatic rings. The molecule has 18 heavy (non-hydrogen) atoms. The predicted octanol–water partition coefficient (Wildman–Crippen LogP) is 2.57. The lowest BCUT2D eigenvalue weighted by Crippen LogP contribution is -2.35. The van der Waals surface area contributed by atoms with Gasteiger partial charge in [-0.05, 0) is 31.5 Å². The van der Waals surface area contributed by atoms with Gasteiger partial charge in [-0.3, -0.25) is 4.79 Å². The van der Waals surface area contributed by atoms with Gasteiger partial charge in [-0.25, -0.2) is 0 Å². The summed E-state index contributed by atoms with van der Waals surface area (Å²) in [5.74, 6) is 1.26. The molecule has 1 atom stereocenters. The Morgan fingerprint density at radius 3 is 2.67 bits per heavy atom. The first-order valence-corrected chi connectivity index (χ1v) is 6.30. The number of aryl methyl sites for hydroxylation is 1. The molecule has 0 saturated carbocycles. The minimum Gasteiger partial charge on any atom is -0.481 e. The van der Waals surface area contributed by atoms with E-state index in [1.807, 2.05) is 26.0 Å². The van der Waals surface area contributed by atoms with Crippen molar-refractivity contribution in [1.82, 2.24) is 5.32 Å². The predicted molar refractivity (Wildman–Crippen MR) is 70.8 cm³/mol. The third-order valence-electron chi connectivity index (χ3n) is 2.99. The molecule has 1 aromatic heterocycles. The molecule has 1 aromatic rings. The quantitative estimate of drug-likeness (QED) is 0.784. The van der Waals surface area contributed by atoms with Crippen LogP contribution in [0, 0.1) is 12.8 Å². The molecule has 4 nitrogen and oxygen atoms in total. The summed E-state index contributed by atoms with van der Waals surface area (Å²) in [6.45, 7) is 9.56. The highest BCUT2D eigenvalue weighted by atomic mass is 16.4. The molecule has 1 unspecified atom stereocenters. The molecule has 0 fully saturated rings. The molecule has 0 saturated heterocycles. The Morgan fingerprint density at radius 1 is 1.50 bits per heavy atom. The van der Waals surface area contributed by atoms with Crippen molar-refractivity contribution in [3.05, 3.63) is 23.7 Å². The number of carbonyl (C=O) groups is 1. The van der Waals surface area contributed by atoms with E-state index in [-0.39, 0.29) is 17.8 Å². The van der Waals surface area contributed by atoms with E-state index in [2.05, 4.69) is 19.2 Å². The molecule has 1 heterocycles. The molecule has 0 aliphatic heterocycles. The largest absolute Gasteiger partial charge is 0.481 e. The number of furan rings is 1. The van der Waals surface area contributed by atoms with E-state index in [0.29, 0.717) is 6.54 Å². The van der Waals surface area contributed by atoms with Crippen LogP contribution < -0.4 is 5.32 Å². The van der Waals surface area contributed by atoms with Gasteiger partial charge in [0, 0.05) is 18.4 Å². The first-order valence-electron chi connectivity index (χ1n) is 6.30. The lowest BCUT2D eigenvalue weighted by Gasteiger charge is -2.23. The maximum Gasteiger partial charge on any atom is 0.303 e. The van der Waals surface area contributed by atoms with Gasteiger partial charge in [-0.1, -0.05) is 20.8 Å². The van der Waals surface area contributed by atoms with Crippen molar-refractivity contribution in [2.24, 2.45) is 5.92 Å². The minimum absolute atomic E-state index is 0.0861. The summed E-state index contributed by atoms with van der Waals surface area (Å²) in [6.07, 6.45) is 0.202. The molecule has 0 aromatic carbocycles. The maximum absolute atomic E-state index is 10.6. The second-order valence-corrected chi connectivity index (χ2v) is 5.63. The second kappa shape index (κ2) is 6.05. The van der Waals surface area contributed by atoms with Crippen LogP contribution in [0.25, 0.3) is 0 Å². The minimum atomic E-state index is -0.745. The Hall–Kier alpha value is -1.29. The van der Waals surface area contributed by atoms with Gasteiger partial charge in [0.15, 0.2) is 0 Å². The maximum atomic E-state index is 10.6. The molecule has 4 heteroatoms. The number of nitrogens with one attached hydrogen (secondary N) is 1. The van der Waals surface area contributed by atoms with Gasteiger partial charge >= 0.3 is 5.97 Å². The van der Waals surface area contributed by atoms with Crippen LogP contribution in [-0.2, 0) is 10.2 Å². The molecule has 2 N–H and O–H groups in total. The molecule has 0 spiro atoms. The van der Waals surface area contributed by atoms with Crippen LogP contribution in [0.3, 0.4) is 0 Å². The summed E-state index contributed by atoms with van der Waals surface area (Å²) in [5, 5.41) is 12.0. The molecule has 0 amide bonds. The first-order chi connectivity index (χ1) is 8.31. The van der Waals surface area contributed by atoms with Crippen LogP contribution in [0.4, 0.5) is 0 Å². The van der Waals surface area contributed by atoms with Crippen molar-refractivity contribution < 1.29 is 14.3 Å². The van der Waals surface area contributed by atoms with E-state index < -0.39 is 5.97 Å². The Balaban J connectivity index is 2.40. The molecular formula is C14H23NO3. The SMILES string of the molecule is Cc1ccc(C(C)(C)CNCC(C)CC(=O)O)o1. The third-order valence-corrected chi connectivity index (χ3v) is 2.99. The highest BCUT2D eigenvalue weighted by Gasteiger charge is 2.24. The molecule has 1 rings (SSSR count). The van der Waals surface area contributed by atoms with Crippen molar-refractivity contribution in [2.75, 3.05) is 13.1 Å². The average molecular weight is 253 g/mol. The summed E-state index contributed by atoms with van der Waals surface area (Å²) in [7, 11) is 0. The van der Waals surface area contributed by atoms with Crippen LogP contribution in [0.15, 0.2) is 16.5 Å². The average Bonchev–Trinajstić information content (AvgIpc) is 2.64. The van der Waals surface area contributed by atoms with Gasteiger partial charge in [-0.15, -0.1) is 0 Å². The number of rotatable bonds is 7. The fraction of sp³-hybridized carbons (Fsp3) is 0.643. The Morgan fingerprint density at radius 2 is 2.17 bits per heavy atom. The number of carboxylic acid groups (broad SMARTS) is 1. The van der Waals surface area contributed by atoms with Gasteiger partial charge < -0.3 is 14.8 Å². The molecule has 102 valence electrons. The Labute approximate surface area is 108 Å². The highest BCUT2D eigenvalue weighted by Crippen LogP contribution is 2.24. The number of carboxylic acids is 1. The molecular weight excluding hydrogens is 230 g/mol. The van der Waals surface area contributed by atoms with Crippen LogP contribution >= 0.6 is 0 Å². The number of aliphatic carboxylic acids is 1. The van der Waals surface area contributed by atoms with Crippen molar-refractivity contribution in [2.45, 2.75) is 39.5 Å². The zero-order valence-corrected chi connectivity index (χ0v) is 11.6. The van der Waals surface area contributed by atoms with Crippen molar-refractivity contribution in [3.63, 3.8) is 0 Å². The zero-order valence-electron chi connectivity index (χ0n) is 11.6. The fourth-order valence-electron chi connectivity index (χ4n) is 1.89. The standard InChI is InChI=1S/C14H23NO3/c1-10(7-13(16)17)8-15-9-14(3,4)12-6-5-11(2)18-12/h5-6,10,15H,7-9H2,1-4H3,(H,16,17). The topological polar surface area (TPSA) is 62.5 Å². The fourth-order valence-corrected chi connectivity index (χ4v) is 1.89. The van der Waals surface area contributed by atoms with Gasteiger partial charge in [0.25, 0.3) is 0 Å². The van der Waals surface area contributed by atoms with Crippen molar-refractivity contribution >= 4 is 5.97 Å². The summed E-state index contributed by atoms with van der Waals surface area (Å²) in [6, 6.07) is 3.96. The third kappa shape index (κ3) is 4.53. The summed E-state index contributed by atoms with van der Waals surface area (Å²) in [5.41, 5.74) is -0.0861. The number of hydrogen-bond acceptors (Lipinski definition) is 3. The van der Waals surface area contributed by atoms with Crippen LogP contribution in [0.5, 0.6) is 0 Å². The molecule has 0 radical (unpaired) electrons. The van der Waals surface area contributed by atoms with E-state index in [4.69, 9.17) is 9.52 Å². The first kappa shape index (κ1) is 14.8. The number of hydrogen-bond donors (Lipinski definition) is 2. The van der Waals surface area contributed by atoms with Crippen LogP contribution in [0.2, 0.25) is 0 Å². The smallest absolute Gasteiger partial charge is 0.303 e. The molecule has 0 aliphatic carbocycles. The van der Waals surface area contributed by atoms with Gasteiger partial charge in [-0.2, -0.15) is 0 Å². The molecule has 0 bridgehead atoms. The van der Waals surface area contributed by atoms with Crippen molar-refractivity contribution in [3.8, 4) is 0 Å². The van der Waals surface area contributed by atoms with E-state index in [1.165, 1.54) is 0 Å². The lowest BCUT2D eigenvalue weighted by atomic mass is 9.90. The lowest BCUT2D eigenvalue weighted by molar-refractivity contribution is -0.137. The van der Waals surface area contributed by atoms with Gasteiger partial charge in [0.2, 0.25) is 0 Å². The normalized spacial score (nSPS) is 13.6. The Bertz CT molecular complexity index is 395. The monoisotopic (exact) mass is 253 g/mol. The Kier molecular flexibility index (Phi) is 4.96. The van der Waals surface area contributed by atoms with Gasteiger partial charge in [0.1, 0.15) is 11.5 Å². The summed E-state index contributed by atoms with van der Waals surface area (Å²) >= 11 is 0. The van der Waals surface area contributed by atoms with E-state index in [1.54, 1.807) is 0 Å². The van der Waals surface area contributed by atoms with E-state index in [0.717, 1.165) is 18.1 Å².